The molecule has 0 saturated carbocycles. The largest absolute Gasteiger partial charge is 0.496 e. The van der Waals surface area contributed by atoms with Gasteiger partial charge in [-0.15, -0.1) is 0 Å². The number of amides is 1. The van der Waals surface area contributed by atoms with Gasteiger partial charge in [0.25, 0.3) is 0 Å². The molecule has 10 nitrogen and oxygen atoms in total. The van der Waals surface area contributed by atoms with E-state index < -0.39 is 4.32 Å². The fourth-order valence-electron chi connectivity index (χ4n) is 2.42. The highest BCUT2D eigenvalue weighted by molar-refractivity contribution is 9.10. The summed E-state index contributed by atoms with van der Waals surface area (Å²) in [6.07, 6.45) is 1.36. The zero-order valence-corrected chi connectivity index (χ0v) is 21.6. The fraction of sp³-hybridized carbons (Fsp3) is 0.818. The Bertz CT molecular complexity index is 583. The van der Waals surface area contributed by atoms with Gasteiger partial charge in [-0.1, -0.05) is 29.4 Å². The molecule has 11 heteroatoms. The fourth-order valence-corrected chi connectivity index (χ4v) is 2.53. The summed E-state index contributed by atoms with van der Waals surface area (Å²) < 4.78 is 31.5. The van der Waals surface area contributed by atoms with Crippen molar-refractivity contribution in [2.24, 2.45) is 5.92 Å². The number of esters is 1. The van der Waals surface area contributed by atoms with Gasteiger partial charge in [-0.25, -0.2) is 9.90 Å². The zero-order valence-electron chi connectivity index (χ0n) is 20.0. The summed E-state index contributed by atoms with van der Waals surface area (Å²) >= 11 is 3.26. The number of halogens is 1. The van der Waals surface area contributed by atoms with Crippen LogP contribution in [0.3, 0.4) is 0 Å². The van der Waals surface area contributed by atoms with Crippen molar-refractivity contribution < 1.29 is 42.8 Å². The topological polar surface area (TPSA) is 102 Å². The minimum Gasteiger partial charge on any atom is -0.496 e. The molecule has 0 aliphatic carbocycles. The summed E-state index contributed by atoms with van der Waals surface area (Å²) in [4.78, 5) is 28.3. The van der Waals surface area contributed by atoms with Crippen molar-refractivity contribution in [3.05, 3.63) is 12.3 Å². The molecule has 1 aliphatic heterocycles. The molecular weight excluding hydrogens is 502 g/mol. The molecule has 1 unspecified atom stereocenters. The molecule has 0 aromatic heterocycles. The van der Waals surface area contributed by atoms with Crippen molar-refractivity contribution in [2.75, 3.05) is 72.8 Å². The molecule has 1 rings (SSSR count). The van der Waals surface area contributed by atoms with Gasteiger partial charge in [-0.2, -0.15) is 0 Å². The summed E-state index contributed by atoms with van der Waals surface area (Å²) in [5.41, 5.74) is 0. The van der Waals surface area contributed by atoms with Gasteiger partial charge in [0.05, 0.1) is 52.0 Å². The SMILES string of the molecule is C=C(OCCOCCOCCOCCOCON1CCCC1=O)C(C)COC(=O)C(C)(C)Br. The molecule has 1 fully saturated rings. The highest BCUT2D eigenvalue weighted by Crippen LogP contribution is 2.19. The standard InChI is InChI=1S/C22H38BrNO9/c1-18(16-32-21(26)22(3,4)23)19(2)31-15-14-29-11-10-27-8-9-28-12-13-30-17-33-24-7-5-6-20(24)25/h18H,2,5-17H2,1,3-4H3. The Balaban J connectivity index is 1.82. The van der Waals surface area contributed by atoms with E-state index in [-0.39, 0.29) is 31.2 Å². The summed E-state index contributed by atoms with van der Waals surface area (Å²) in [5.74, 6) is 0.107. The average molecular weight is 540 g/mol. The number of rotatable bonds is 20. The second kappa shape index (κ2) is 17.2. The molecule has 0 bridgehead atoms. The van der Waals surface area contributed by atoms with Gasteiger partial charge >= 0.3 is 5.97 Å². The number of hydrogen-bond acceptors (Lipinski definition) is 9. The van der Waals surface area contributed by atoms with E-state index in [1.165, 1.54) is 5.06 Å². The molecule has 1 saturated heterocycles. The molecular formula is C22H38BrNO9. The van der Waals surface area contributed by atoms with Crippen molar-refractivity contribution in [1.82, 2.24) is 5.06 Å². The number of carbonyl (C=O) groups is 2. The van der Waals surface area contributed by atoms with E-state index in [1.807, 2.05) is 6.92 Å². The third-order valence-electron chi connectivity index (χ3n) is 4.45. The van der Waals surface area contributed by atoms with Gasteiger partial charge in [0.1, 0.15) is 17.5 Å². The second-order valence-corrected chi connectivity index (χ2v) is 9.86. The van der Waals surface area contributed by atoms with Crippen LogP contribution in [0.2, 0.25) is 0 Å². The normalized spacial score (nSPS) is 15.0. The van der Waals surface area contributed by atoms with Crippen molar-refractivity contribution in [2.45, 2.75) is 37.9 Å². The maximum absolute atomic E-state index is 11.7. The third-order valence-corrected chi connectivity index (χ3v) is 4.78. The van der Waals surface area contributed by atoms with Crippen molar-refractivity contribution in [3.8, 4) is 0 Å². The van der Waals surface area contributed by atoms with E-state index in [4.69, 9.17) is 33.3 Å². The highest BCUT2D eigenvalue weighted by atomic mass is 79.9. The number of carbonyl (C=O) groups excluding carboxylic acids is 2. The summed E-state index contributed by atoms with van der Waals surface area (Å²) in [6.45, 7) is 13.4. The molecule has 0 aromatic rings. The van der Waals surface area contributed by atoms with Gasteiger partial charge in [0, 0.05) is 18.9 Å². The van der Waals surface area contributed by atoms with Crippen LogP contribution in [0.5, 0.6) is 0 Å². The summed E-state index contributed by atoms with van der Waals surface area (Å²) in [5, 5.41) is 1.34. The van der Waals surface area contributed by atoms with Crippen molar-refractivity contribution >= 4 is 27.8 Å². The number of hydroxylamine groups is 2. The highest BCUT2D eigenvalue weighted by Gasteiger charge is 2.26. The maximum Gasteiger partial charge on any atom is 0.322 e. The smallest absolute Gasteiger partial charge is 0.322 e. The molecule has 1 atom stereocenters. The first-order chi connectivity index (χ1) is 15.7. The molecule has 0 N–H and O–H groups in total. The molecule has 0 aromatic carbocycles. The van der Waals surface area contributed by atoms with Gasteiger partial charge in [0.15, 0.2) is 6.79 Å². The quantitative estimate of drug-likeness (QED) is 0.0758. The molecule has 1 heterocycles. The Morgan fingerprint density at radius 1 is 1.00 bits per heavy atom. The van der Waals surface area contributed by atoms with Crippen LogP contribution < -0.4 is 0 Å². The van der Waals surface area contributed by atoms with Gasteiger partial charge in [-0.05, 0) is 20.3 Å². The van der Waals surface area contributed by atoms with Gasteiger partial charge in [-0.3, -0.25) is 9.59 Å². The average Bonchev–Trinajstić information content (AvgIpc) is 3.18. The first-order valence-corrected chi connectivity index (χ1v) is 11.9. The molecule has 1 aliphatic rings. The molecule has 33 heavy (non-hydrogen) atoms. The number of hydrogen-bond donors (Lipinski definition) is 0. The van der Waals surface area contributed by atoms with Crippen LogP contribution in [-0.2, 0) is 42.8 Å². The Hall–Kier alpha value is -1.24. The van der Waals surface area contributed by atoms with Gasteiger partial charge in [0.2, 0.25) is 5.91 Å². The second-order valence-electron chi connectivity index (χ2n) is 7.88. The minimum absolute atomic E-state index is 0.00180. The lowest BCUT2D eigenvalue weighted by atomic mass is 10.1. The summed E-state index contributed by atoms with van der Waals surface area (Å²) in [7, 11) is 0. The van der Waals surface area contributed by atoms with Crippen LogP contribution >= 0.6 is 15.9 Å². The van der Waals surface area contributed by atoms with Crippen LogP contribution in [0.4, 0.5) is 0 Å². The first-order valence-electron chi connectivity index (χ1n) is 11.1. The molecule has 1 amide bonds. The van der Waals surface area contributed by atoms with Crippen molar-refractivity contribution in [3.63, 3.8) is 0 Å². The van der Waals surface area contributed by atoms with Crippen LogP contribution in [0.1, 0.15) is 33.6 Å². The third kappa shape index (κ3) is 14.6. The lowest BCUT2D eigenvalue weighted by Crippen LogP contribution is -2.28. The van der Waals surface area contributed by atoms with Crippen LogP contribution in [0, 0.1) is 5.92 Å². The minimum atomic E-state index is -0.711. The van der Waals surface area contributed by atoms with Crippen LogP contribution in [0.15, 0.2) is 12.3 Å². The predicted octanol–water partition coefficient (Wildman–Crippen LogP) is 2.45. The van der Waals surface area contributed by atoms with Crippen LogP contribution in [0.25, 0.3) is 0 Å². The van der Waals surface area contributed by atoms with Crippen LogP contribution in [-0.4, -0.2) is 94.1 Å². The zero-order chi connectivity index (χ0) is 24.5. The van der Waals surface area contributed by atoms with E-state index in [0.29, 0.717) is 71.6 Å². The van der Waals surface area contributed by atoms with E-state index in [1.54, 1.807) is 13.8 Å². The van der Waals surface area contributed by atoms with E-state index >= 15 is 0 Å². The predicted molar refractivity (Wildman–Crippen MR) is 124 cm³/mol. The summed E-state index contributed by atoms with van der Waals surface area (Å²) in [6, 6.07) is 0. The Labute approximate surface area is 204 Å². The monoisotopic (exact) mass is 539 g/mol. The maximum atomic E-state index is 11.7. The first kappa shape index (κ1) is 29.8. The van der Waals surface area contributed by atoms with E-state index in [9.17, 15) is 9.59 Å². The Morgan fingerprint density at radius 2 is 1.55 bits per heavy atom. The van der Waals surface area contributed by atoms with Gasteiger partial charge < -0.3 is 28.4 Å². The number of alkyl halides is 1. The Kier molecular flexibility index (Phi) is 15.6. The molecule has 0 spiro atoms. The Morgan fingerprint density at radius 3 is 2.06 bits per heavy atom. The van der Waals surface area contributed by atoms with E-state index in [2.05, 4.69) is 22.5 Å². The van der Waals surface area contributed by atoms with E-state index in [0.717, 1.165) is 6.42 Å². The molecule has 0 radical (unpaired) electrons. The van der Waals surface area contributed by atoms with Crippen molar-refractivity contribution in [1.29, 1.82) is 0 Å². The lowest BCUT2D eigenvalue weighted by molar-refractivity contribution is -0.218. The molecule has 192 valence electrons. The number of ether oxygens (including phenoxy) is 6. The number of nitrogens with zero attached hydrogens (tertiary/aromatic N) is 1. The lowest BCUT2D eigenvalue weighted by Gasteiger charge is -2.19.